The molecule has 0 aromatic heterocycles. The first-order valence-corrected chi connectivity index (χ1v) is 5.88. The molecule has 2 nitrogen and oxygen atoms in total. The number of rotatable bonds is 8. The Balaban J connectivity index is 3.69. The molecule has 0 aromatic carbocycles. The molecule has 0 saturated heterocycles. The topological polar surface area (TPSA) is 21.3 Å². The summed E-state index contributed by atoms with van der Waals surface area (Å²) in [6.07, 6.45) is 2.88. The van der Waals surface area contributed by atoms with E-state index in [4.69, 9.17) is 4.74 Å². The molecule has 0 saturated carbocycles. The molecule has 2 atom stereocenters. The van der Waals surface area contributed by atoms with Crippen molar-refractivity contribution >= 4 is 0 Å². The summed E-state index contributed by atoms with van der Waals surface area (Å²) < 4.78 is 5.90. The van der Waals surface area contributed by atoms with Gasteiger partial charge in [-0.2, -0.15) is 0 Å². The lowest BCUT2D eigenvalue weighted by Gasteiger charge is -2.23. The van der Waals surface area contributed by atoms with Crippen LogP contribution >= 0.6 is 0 Å². The molecular weight excluding hydrogens is 174 g/mol. The molecule has 14 heavy (non-hydrogen) atoms. The zero-order chi connectivity index (χ0) is 11.0. The highest BCUT2D eigenvalue weighted by molar-refractivity contribution is 4.65. The minimum atomic E-state index is 0.360. The average Bonchev–Trinajstić information content (AvgIpc) is 2.12. The minimum Gasteiger partial charge on any atom is -0.376 e. The highest BCUT2D eigenvalue weighted by atomic mass is 16.5. The molecule has 0 aliphatic carbocycles. The van der Waals surface area contributed by atoms with Gasteiger partial charge in [-0.05, 0) is 25.3 Å². The van der Waals surface area contributed by atoms with Crippen molar-refractivity contribution in [2.75, 3.05) is 20.2 Å². The van der Waals surface area contributed by atoms with E-state index >= 15 is 0 Å². The Kier molecular flexibility index (Phi) is 8.20. The highest BCUT2D eigenvalue weighted by Crippen LogP contribution is 2.10. The average molecular weight is 201 g/mol. The summed E-state index contributed by atoms with van der Waals surface area (Å²) in [6, 6.07) is 0. The molecule has 0 aromatic rings. The van der Waals surface area contributed by atoms with Gasteiger partial charge in [0, 0.05) is 13.2 Å². The number of ether oxygens (including phenoxy) is 1. The minimum absolute atomic E-state index is 0.360. The van der Waals surface area contributed by atoms with E-state index in [1.54, 1.807) is 0 Å². The maximum absolute atomic E-state index is 5.90. The van der Waals surface area contributed by atoms with Gasteiger partial charge in [-0.3, -0.25) is 0 Å². The number of hydrogen-bond donors (Lipinski definition) is 1. The first-order chi connectivity index (χ1) is 6.61. The van der Waals surface area contributed by atoms with E-state index in [9.17, 15) is 0 Å². The Morgan fingerprint density at radius 2 is 1.86 bits per heavy atom. The third kappa shape index (κ3) is 6.39. The van der Waals surface area contributed by atoms with Crippen molar-refractivity contribution in [1.29, 1.82) is 0 Å². The van der Waals surface area contributed by atoms with Gasteiger partial charge in [-0.15, -0.1) is 0 Å². The predicted molar refractivity (Wildman–Crippen MR) is 62.6 cm³/mol. The molecule has 1 N–H and O–H groups in total. The van der Waals surface area contributed by atoms with Crippen LogP contribution in [0.1, 0.15) is 40.5 Å². The number of nitrogens with one attached hydrogen (secondary N) is 1. The standard InChI is InChI=1S/C12H27NO/c1-6-7-11(4)9-14-12(8-13-5)10(2)3/h10-13H,6-9H2,1-5H3. The van der Waals surface area contributed by atoms with E-state index in [2.05, 4.69) is 33.0 Å². The molecule has 0 amide bonds. The van der Waals surface area contributed by atoms with Crippen molar-refractivity contribution in [3.05, 3.63) is 0 Å². The molecule has 0 heterocycles. The van der Waals surface area contributed by atoms with E-state index in [0.29, 0.717) is 17.9 Å². The summed E-state index contributed by atoms with van der Waals surface area (Å²) >= 11 is 0. The first kappa shape index (κ1) is 13.9. The fourth-order valence-electron chi connectivity index (χ4n) is 1.55. The van der Waals surface area contributed by atoms with Crippen LogP contribution < -0.4 is 5.32 Å². The van der Waals surface area contributed by atoms with Crippen molar-refractivity contribution in [3.63, 3.8) is 0 Å². The van der Waals surface area contributed by atoms with Crippen LogP contribution in [0.5, 0.6) is 0 Å². The van der Waals surface area contributed by atoms with Crippen LogP contribution in [0.4, 0.5) is 0 Å². The second kappa shape index (κ2) is 8.25. The second-order valence-electron chi connectivity index (χ2n) is 4.57. The first-order valence-electron chi connectivity index (χ1n) is 5.88. The van der Waals surface area contributed by atoms with Crippen LogP contribution in [0.3, 0.4) is 0 Å². The van der Waals surface area contributed by atoms with Crippen molar-refractivity contribution < 1.29 is 4.74 Å². The third-order valence-corrected chi connectivity index (χ3v) is 2.53. The Bertz CT molecular complexity index is 125. The number of hydrogen-bond acceptors (Lipinski definition) is 2. The third-order valence-electron chi connectivity index (χ3n) is 2.53. The van der Waals surface area contributed by atoms with Crippen LogP contribution in [-0.2, 0) is 4.74 Å². The fourth-order valence-corrected chi connectivity index (χ4v) is 1.55. The Labute approximate surface area is 89.4 Å². The van der Waals surface area contributed by atoms with Gasteiger partial charge in [0.2, 0.25) is 0 Å². The zero-order valence-electron chi connectivity index (χ0n) is 10.5. The quantitative estimate of drug-likeness (QED) is 0.652. The van der Waals surface area contributed by atoms with Crippen LogP contribution in [0, 0.1) is 11.8 Å². The van der Waals surface area contributed by atoms with E-state index in [0.717, 1.165) is 13.2 Å². The summed E-state index contributed by atoms with van der Waals surface area (Å²) in [5.41, 5.74) is 0. The van der Waals surface area contributed by atoms with Crippen molar-refractivity contribution in [1.82, 2.24) is 5.32 Å². The van der Waals surface area contributed by atoms with Crippen LogP contribution in [0.2, 0.25) is 0 Å². The summed E-state index contributed by atoms with van der Waals surface area (Å²) in [5.74, 6) is 1.29. The highest BCUT2D eigenvalue weighted by Gasteiger charge is 2.13. The molecule has 86 valence electrons. The molecular formula is C12H27NO. The van der Waals surface area contributed by atoms with Gasteiger partial charge in [0.05, 0.1) is 6.10 Å². The lowest BCUT2D eigenvalue weighted by Crippen LogP contribution is -2.32. The molecule has 0 aliphatic rings. The fraction of sp³-hybridized carbons (Fsp3) is 1.00. The van der Waals surface area contributed by atoms with Crippen LogP contribution in [0.25, 0.3) is 0 Å². The van der Waals surface area contributed by atoms with Gasteiger partial charge < -0.3 is 10.1 Å². The molecule has 0 radical (unpaired) electrons. The van der Waals surface area contributed by atoms with Gasteiger partial charge in [0.1, 0.15) is 0 Å². The maximum atomic E-state index is 5.90. The summed E-state index contributed by atoms with van der Waals surface area (Å²) in [6.45, 7) is 10.8. The lowest BCUT2D eigenvalue weighted by molar-refractivity contribution is 0.00532. The van der Waals surface area contributed by atoms with Gasteiger partial charge in [-0.1, -0.05) is 34.1 Å². The molecule has 2 heteroatoms. The predicted octanol–water partition coefficient (Wildman–Crippen LogP) is 2.68. The second-order valence-corrected chi connectivity index (χ2v) is 4.57. The summed E-state index contributed by atoms with van der Waals surface area (Å²) in [7, 11) is 1.98. The normalized spacial score (nSPS) is 15.9. The molecule has 0 rings (SSSR count). The number of likely N-dealkylation sites (N-methyl/N-ethyl adjacent to an activating group) is 1. The Hall–Kier alpha value is -0.0800. The van der Waals surface area contributed by atoms with Crippen molar-refractivity contribution in [2.45, 2.75) is 46.6 Å². The van der Waals surface area contributed by atoms with Crippen LogP contribution in [0.15, 0.2) is 0 Å². The lowest BCUT2D eigenvalue weighted by atomic mass is 10.1. The molecule has 0 bridgehead atoms. The smallest absolute Gasteiger partial charge is 0.0722 e. The monoisotopic (exact) mass is 201 g/mol. The van der Waals surface area contributed by atoms with E-state index in [1.807, 2.05) is 7.05 Å². The molecule has 0 fully saturated rings. The molecule has 0 spiro atoms. The van der Waals surface area contributed by atoms with Gasteiger partial charge in [-0.25, -0.2) is 0 Å². The van der Waals surface area contributed by atoms with E-state index < -0.39 is 0 Å². The molecule has 2 unspecified atom stereocenters. The summed E-state index contributed by atoms with van der Waals surface area (Å²) in [5, 5.41) is 3.18. The molecule has 0 aliphatic heterocycles. The largest absolute Gasteiger partial charge is 0.376 e. The van der Waals surface area contributed by atoms with Crippen LogP contribution in [-0.4, -0.2) is 26.3 Å². The summed E-state index contributed by atoms with van der Waals surface area (Å²) in [4.78, 5) is 0. The van der Waals surface area contributed by atoms with Gasteiger partial charge in [0.25, 0.3) is 0 Å². The zero-order valence-corrected chi connectivity index (χ0v) is 10.5. The Morgan fingerprint density at radius 1 is 1.21 bits per heavy atom. The maximum Gasteiger partial charge on any atom is 0.0722 e. The van der Waals surface area contributed by atoms with Gasteiger partial charge in [0.15, 0.2) is 0 Å². The Morgan fingerprint density at radius 3 is 2.29 bits per heavy atom. The van der Waals surface area contributed by atoms with Crippen molar-refractivity contribution in [2.24, 2.45) is 11.8 Å². The van der Waals surface area contributed by atoms with E-state index in [1.165, 1.54) is 12.8 Å². The van der Waals surface area contributed by atoms with Crippen molar-refractivity contribution in [3.8, 4) is 0 Å². The van der Waals surface area contributed by atoms with Gasteiger partial charge >= 0.3 is 0 Å². The van der Waals surface area contributed by atoms with E-state index in [-0.39, 0.29) is 0 Å². The SMILES string of the molecule is CCCC(C)COC(CNC)C(C)C.